The summed E-state index contributed by atoms with van der Waals surface area (Å²) < 4.78 is 23.4. The van der Waals surface area contributed by atoms with Crippen LogP contribution in [0.15, 0.2) is 28.8 Å². The van der Waals surface area contributed by atoms with Crippen LogP contribution in [0.2, 0.25) is 0 Å². The van der Waals surface area contributed by atoms with Gasteiger partial charge in [0.15, 0.2) is 6.61 Å². The van der Waals surface area contributed by atoms with E-state index in [-0.39, 0.29) is 36.8 Å². The van der Waals surface area contributed by atoms with Gasteiger partial charge < -0.3 is 15.0 Å². The van der Waals surface area contributed by atoms with Gasteiger partial charge in [0.2, 0.25) is 11.7 Å². The van der Waals surface area contributed by atoms with Gasteiger partial charge in [-0.15, -0.1) is 12.4 Å². The number of benzene rings is 1. The van der Waals surface area contributed by atoms with E-state index in [1.54, 1.807) is 12.1 Å². The molecule has 20 heavy (non-hydrogen) atoms. The van der Waals surface area contributed by atoms with Crippen molar-refractivity contribution in [3.05, 3.63) is 41.8 Å². The zero-order valence-electron chi connectivity index (χ0n) is 11.2. The molecule has 1 heterocycles. The van der Waals surface area contributed by atoms with Crippen molar-refractivity contribution in [2.24, 2.45) is 11.7 Å². The summed E-state index contributed by atoms with van der Waals surface area (Å²) >= 11 is 0. The highest BCUT2D eigenvalue weighted by Gasteiger charge is 2.18. The number of rotatable bonds is 5. The molecule has 0 aliphatic heterocycles. The zero-order valence-corrected chi connectivity index (χ0v) is 12.1. The molecular formula is C13H17ClFN3O2. The Balaban J connectivity index is 0.00000200. The standard InChI is InChI=1S/C13H16FN3O2.ClH/c1-8(2)12(15)13-16-11(17-19-13)7-18-10-5-3-4-9(14)6-10;/h3-6,8,12H,7,15H2,1-2H3;1H. The van der Waals surface area contributed by atoms with Crippen LogP contribution in [0.3, 0.4) is 0 Å². The van der Waals surface area contributed by atoms with Crippen molar-refractivity contribution in [2.45, 2.75) is 26.5 Å². The maximum Gasteiger partial charge on any atom is 0.243 e. The normalized spacial score (nSPS) is 12.1. The number of hydrogen-bond acceptors (Lipinski definition) is 5. The third kappa shape index (κ3) is 4.18. The lowest BCUT2D eigenvalue weighted by molar-refractivity contribution is 0.280. The summed E-state index contributed by atoms with van der Waals surface area (Å²) in [5.41, 5.74) is 5.89. The Morgan fingerprint density at radius 2 is 2.15 bits per heavy atom. The van der Waals surface area contributed by atoms with Gasteiger partial charge in [0, 0.05) is 6.07 Å². The lowest BCUT2D eigenvalue weighted by atomic mass is 10.1. The van der Waals surface area contributed by atoms with E-state index >= 15 is 0 Å². The van der Waals surface area contributed by atoms with E-state index in [4.69, 9.17) is 15.0 Å². The predicted molar refractivity (Wildman–Crippen MR) is 74.0 cm³/mol. The molecule has 2 rings (SSSR count). The van der Waals surface area contributed by atoms with Crippen molar-refractivity contribution in [1.29, 1.82) is 0 Å². The lowest BCUT2D eigenvalue weighted by Gasteiger charge is -2.09. The molecule has 110 valence electrons. The van der Waals surface area contributed by atoms with Crippen molar-refractivity contribution >= 4 is 12.4 Å². The summed E-state index contributed by atoms with van der Waals surface area (Å²) in [6.07, 6.45) is 0. The zero-order chi connectivity index (χ0) is 13.8. The Bertz CT molecular complexity index is 548. The van der Waals surface area contributed by atoms with Crippen LogP contribution in [-0.2, 0) is 6.61 Å². The van der Waals surface area contributed by atoms with Crippen molar-refractivity contribution in [3.63, 3.8) is 0 Å². The number of hydrogen-bond donors (Lipinski definition) is 1. The first-order valence-electron chi connectivity index (χ1n) is 6.02. The highest BCUT2D eigenvalue weighted by molar-refractivity contribution is 5.85. The van der Waals surface area contributed by atoms with E-state index in [1.807, 2.05) is 13.8 Å². The average Bonchev–Trinajstić information content (AvgIpc) is 2.84. The molecule has 1 aromatic heterocycles. The Kier molecular flexibility index (Phi) is 5.91. The second-order valence-corrected chi connectivity index (χ2v) is 4.56. The predicted octanol–water partition coefficient (Wildman–Crippen LogP) is 2.87. The lowest BCUT2D eigenvalue weighted by Crippen LogP contribution is -2.17. The van der Waals surface area contributed by atoms with E-state index in [9.17, 15) is 4.39 Å². The first kappa shape index (κ1) is 16.4. The summed E-state index contributed by atoms with van der Waals surface area (Å²) in [6.45, 7) is 4.05. The van der Waals surface area contributed by atoms with Gasteiger partial charge in [-0.2, -0.15) is 4.98 Å². The van der Waals surface area contributed by atoms with Crippen LogP contribution in [0.4, 0.5) is 4.39 Å². The number of nitrogens with two attached hydrogens (primary N) is 1. The number of ether oxygens (including phenoxy) is 1. The summed E-state index contributed by atoms with van der Waals surface area (Å²) in [5.74, 6) is 1.04. The van der Waals surface area contributed by atoms with Crippen molar-refractivity contribution in [1.82, 2.24) is 10.1 Å². The van der Waals surface area contributed by atoms with Crippen LogP contribution in [0, 0.1) is 11.7 Å². The van der Waals surface area contributed by atoms with Crippen molar-refractivity contribution in [2.75, 3.05) is 0 Å². The van der Waals surface area contributed by atoms with Gasteiger partial charge in [-0.3, -0.25) is 0 Å². The molecule has 5 nitrogen and oxygen atoms in total. The van der Waals surface area contributed by atoms with Gasteiger partial charge in [0.1, 0.15) is 11.6 Å². The quantitative estimate of drug-likeness (QED) is 0.919. The molecule has 0 fully saturated rings. The fourth-order valence-electron chi connectivity index (χ4n) is 1.45. The van der Waals surface area contributed by atoms with Crippen LogP contribution < -0.4 is 10.5 Å². The maximum atomic E-state index is 12.9. The molecular weight excluding hydrogens is 285 g/mol. The Hall–Kier alpha value is -1.66. The minimum Gasteiger partial charge on any atom is -0.485 e. The van der Waals surface area contributed by atoms with Crippen molar-refractivity contribution < 1.29 is 13.7 Å². The maximum absolute atomic E-state index is 12.9. The number of halogens is 2. The molecule has 0 radical (unpaired) electrons. The van der Waals surface area contributed by atoms with Gasteiger partial charge in [-0.25, -0.2) is 4.39 Å². The molecule has 1 unspecified atom stereocenters. The number of aromatic nitrogens is 2. The molecule has 0 spiro atoms. The van der Waals surface area contributed by atoms with E-state index in [0.29, 0.717) is 17.5 Å². The van der Waals surface area contributed by atoms with Crippen LogP contribution >= 0.6 is 12.4 Å². The van der Waals surface area contributed by atoms with Crippen LogP contribution in [-0.4, -0.2) is 10.1 Å². The van der Waals surface area contributed by atoms with Crippen molar-refractivity contribution in [3.8, 4) is 5.75 Å². The highest BCUT2D eigenvalue weighted by atomic mass is 35.5. The SMILES string of the molecule is CC(C)C(N)c1nc(COc2cccc(F)c2)no1.Cl. The van der Waals surface area contributed by atoms with Gasteiger partial charge in [-0.05, 0) is 18.1 Å². The summed E-state index contributed by atoms with van der Waals surface area (Å²) in [5, 5.41) is 3.77. The van der Waals surface area contributed by atoms with E-state index in [2.05, 4.69) is 10.1 Å². The molecule has 0 amide bonds. The van der Waals surface area contributed by atoms with Gasteiger partial charge in [0.25, 0.3) is 0 Å². The second-order valence-electron chi connectivity index (χ2n) is 4.56. The molecule has 1 atom stereocenters. The molecule has 0 aliphatic carbocycles. The fraction of sp³-hybridized carbons (Fsp3) is 0.385. The topological polar surface area (TPSA) is 74.2 Å². The fourth-order valence-corrected chi connectivity index (χ4v) is 1.45. The van der Waals surface area contributed by atoms with Crippen LogP contribution in [0.1, 0.15) is 31.6 Å². The van der Waals surface area contributed by atoms with Gasteiger partial charge in [-0.1, -0.05) is 25.1 Å². The molecule has 2 aromatic rings. The Labute approximate surface area is 122 Å². The van der Waals surface area contributed by atoms with Crippen LogP contribution in [0.25, 0.3) is 0 Å². The second kappa shape index (κ2) is 7.21. The molecule has 1 aromatic carbocycles. The third-order valence-corrected chi connectivity index (χ3v) is 2.65. The number of nitrogens with zero attached hydrogens (tertiary/aromatic N) is 2. The van der Waals surface area contributed by atoms with E-state index in [1.165, 1.54) is 12.1 Å². The summed E-state index contributed by atoms with van der Waals surface area (Å²) in [4.78, 5) is 4.15. The minimum atomic E-state index is -0.354. The molecule has 7 heteroatoms. The van der Waals surface area contributed by atoms with Gasteiger partial charge in [0.05, 0.1) is 6.04 Å². The average molecular weight is 302 g/mol. The summed E-state index contributed by atoms with van der Waals surface area (Å²) in [7, 11) is 0. The van der Waals surface area contributed by atoms with E-state index < -0.39 is 0 Å². The minimum absolute atomic E-state index is 0. The Morgan fingerprint density at radius 3 is 2.80 bits per heavy atom. The molecule has 0 saturated heterocycles. The first-order chi connectivity index (χ1) is 9.06. The highest BCUT2D eigenvalue weighted by Crippen LogP contribution is 2.17. The smallest absolute Gasteiger partial charge is 0.243 e. The largest absolute Gasteiger partial charge is 0.485 e. The third-order valence-electron chi connectivity index (χ3n) is 2.65. The monoisotopic (exact) mass is 301 g/mol. The summed E-state index contributed by atoms with van der Waals surface area (Å²) in [6, 6.07) is 5.57. The first-order valence-corrected chi connectivity index (χ1v) is 6.02. The van der Waals surface area contributed by atoms with Gasteiger partial charge >= 0.3 is 0 Å². The van der Waals surface area contributed by atoms with E-state index in [0.717, 1.165) is 0 Å². The molecule has 0 saturated carbocycles. The molecule has 0 aliphatic rings. The molecule has 2 N–H and O–H groups in total. The Morgan fingerprint density at radius 1 is 1.40 bits per heavy atom. The molecule has 0 bridgehead atoms. The van der Waals surface area contributed by atoms with Crippen LogP contribution in [0.5, 0.6) is 5.75 Å².